The molecule has 3 heterocycles. The number of hydrogen-bond donors (Lipinski definition) is 1. The van der Waals surface area contributed by atoms with Crippen LogP contribution in [0, 0.1) is 0 Å². The fourth-order valence-electron chi connectivity index (χ4n) is 3.01. The summed E-state index contributed by atoms with van der Waals surface area (Å²) >= 11 is 13.0. The molecule has 0 saturated carbocycles. The summed E-state index contributed by atoms with van der Waals surface area (Å²) in [6, 6.07) is 1.32. The van der Waals surface area contributed by atoms with Gasteiger partial charge in [-0.05, 0) is 19.9 Å². The number of alkyl halides is 9. The molecule has 0 atom stereocenters. The molecule has 6 nitrogen and oxygen atoms in total. The van der Waals surface area contributed by atoms with Gasteiger partial charge in [0.05, 0.1) is 16.6 Å². The third kappa shape index (κ3) is 5.47. The van der Waals surface area contributed by atoms with Crippen molar-refractivity contribution in [3.63, 3.8) is 0 Å². The number of nitrogens with one attached hydrogen (secondary N) is 1. The standard InChI is InChI=1S/C19H15Cl2F8N5OS/c1-16(2,21)7-30-14(35)9-4-10(36-13(9)20)8-5-31-34(6-8)15-11(18(24,25)26)12(32-33(15)3)17(22,23)19(27,28)29/h4-6H,7H2,1-3H3,(H,30,35). The third-order valence-corrected chi connectivity index (χ3v) is 6.18. The smallest absolute Gasteiger partial charge is 0.350 e. The Hall–Kier alpha value is -2.39. The van der Waals surface area contributed by atoms with Gasteiger partial charge in [0, 0.05) is 30.2 Å². The van der Waals surface area contributed by atoms with E-state index in [0.29, 0.717) is 4.68 Å². The molecule has 198 valence electrons. The Bertz CT molecular complexity index is 1290. The monoisotopic (exact) mass is 583 g/mol. The van der Waals surface area contributed by atoms with Crippen LogP contribution in [0.3, 0.4) is 0 Å². The summed E-state index contributed by atoms with van der Waals surface area (Å²) in [6.07, 6.45) is -9.97. The van der Waals surface area contributed by atoms with Crippen LogP contribution in [0.2, 0.25) is 4.34 Å². The summed E-state index contributed by atoms with van der Waals surface area (Å²) in [5.41, 5.74) is -4.65. The van der Waals surface area contributed by atoms with Gasteiger partial charge in [0.15, 0.2) is 11.5 Å². The summed E-state index contributed by atoms with van der Waals surface area (Å²) in [5, 5.41) is 9.09. The van der Waals surface area contributed by atoms with Crippen LogP contribution in [-0.2, 0) is 19.1 Å². The number of aromatic nitrogens is 4. The predicted octanol–water partition coefficient (Wildman–Crippen LogP) is 6.41. The molecule has 0 bridgehead atoms. The van der Waals surface area contributed by atoms with E-state index in [4.69, 9.17) is 23.2 Å². The highest BCUT2D eigenvalue weighted by atomic mass is 35.5. The van der Waals surface area contributed by atoms with E-state index < -0.39 is 46.1 Å². The minimum absolute atomic E-state index is 0.0336. The zero-order valence-corrected chi connectivity index (χ0v) is 20.7. The molecule has 0 aliphatic heterocycles. The molecule has 0 aromatic carbocycles. The van der Waals surface area contributed by atoms with E-state index in [0.717, 1.165) is 30.8 Å². The van der Waals surface area contributed by atoms with Crippen LogP contribution in [0.25, 0.3) is 16.3 Å². The van der Waals surface area contributed by atoms with Crippen molar-refractivity contribution in [3.8, 4) is 16.3 Å². The van der Waals surface area contributed by atoms with Crippen molar-refractivity contribution in [2.24, 2.45) is 7.05 Å². The molecule has 36 heavy (non-hydrogen) atoms. The van der Waals surface area contributed by atoms with E-state index in [1.165, 1.54) is 6.07 Å². The topological polar surface area (TPSA) is 64.7 Å². The van der Waals surface area contributed by atoms with Crippen LogP contribution in [0.5, 0.6) is 0 Å². The quantitative estimate of drug-likeness (QED) is 0.269. The van der Waals surface area contributed by atoms with Crippen LogP contribution < -0.4 is 5.32 Å². The maximum Gasteiger partial charge on any atom is 0.459 e. The highest BCUT2D eigenvalue weighted by molar-refractivity contribution is 7.19. The number of thiophene rings is 1. The van der Waals surface area contributed by atoms with Crippen molar-refractivity contribution in [3.05, 3.63) is 39.6 Å². The Balaban J connectivity index is 2.05. The molecule has 3 aromatic heterocycles. The second-order valence-corrected chi connectivity index (χ2v) is 10.8. The van der Waals surface area contributed by atoms with Gasteiger partial charge < -0.3 is 5.32 Å². The first-order chi connectivity index (χ1) is 16.2. The maximum absolute atomic E-state index is 13.9. The molecule has 0 aliphatic rings. The number of rotatable bonds is 6. The fourth-order valence-corrected chi connectivity index (χ4v) is 4.32. The first-order valence-electron chi connectivity index (χ1n) is 9.65. The van der Waals surface area contributed by atoms with Gasteiger partial charge in [0.1, 0.15) is 9.90 Å². The lowest BCUT2D eigenvalue weighted by Gasteiger charge is -2.19. The Morgan fingerprint density at radius 3 is 2.28 bits per heavy atom. The molecule has 0 spiro atoms. The molecule has 0 unspecified atom stereocenters. The van der Waals surface area contributed by atoms with E-state index in [9.17, 15) is 39.9 Å². The minimum Gasteiger partial charge on any atom is -0.350 e. The molecular formula is C19H15Cl2F8N5OS. The molecule has 0 saturated heterocycles. The fraction of sp³-hybridized carbons (Fsp3) is 0.421. The van der Waals surface area contributed by atoms with Crippen molar-refractivity contribution in [1.82, 2.24) is 24.9 Å². The maximum atomic E-state index is 13.9. The van der Waals surface area contributed by atoms with Crippen molar-refractivity contribution >= 4 is 40.4 Å². The lowest BCUT2D eigenvalue weighted by atomic mass is 10.1. The van der Waals surface area contributed by atoms with Gasteiger partial charge in [-0.1, -0.05) is 11.6 Å². The van der Waals surface area contributed by atoms with Gasteiger partial charge in [0.2, 0.25) is 0 Å². The number of hydrogen-bond acceptors (Lipinski definition) is 4. The SMILES string of the molecule is Cn1nc(C(F)(F)C(F)(F)F)c(C(F)(F)F)c1-n1cc(-c2cc(C(=O)NCC(C)(C)Cl)c(Cl)s2)cn1. The molecule has 3 aromatic rings. The van der Waals surface area contributed by atoms with Crippen molar-refractivity contribution < 1.29 is 39.9 Å². The summed E-state index contributed by atoms with van der Waals surface area (Å²) in [4.78, 5) is 11.9. The summed E-state index contributed by atoms with van der Waals surface area (Å²) < 4.78 is 108. The summed E-state index contributed by atoms with van der Waals surface area (Å²) in [6.45, 7) is 3.42. The van der Waals surface area contributed by atoms with Gasteiger partial charge in [-0.25, -0.2) is 9.36 Å². The Labute approximate surface area is 211 Å². The van der Waals surface area contributed by atoms with E-state index >= 15 is 0 Å². The summed E-state index contributed by atoms with van der Waals surface area (Å²) in [7, 11) is 0.769. The average Bonchev–Trinajstić information content (AvgIpc) is 3.40. The number of nitrogens with zero attached hydrogens (tertiary/aromatic N) is 4. The van der Waals surface area contributed by atoms with Crippen LogP contribution in [0.1, 0.15) is 35.5 Å². The van der Waals surface area contributed by atoms with Crippen LogP contribution >= 0.6 is 34.5 Å². The Morgan fingerprint density at radius 2 is 1.75 bits per heavy atom. The molecule has 0 aliphatic carbocycles. The number of amides is 1. The van der Waals surface area contributed by atoms with E-state index in [2.05, 4.69) is 15.5 Å². The van der Waals surface area contributed by atoms with Crippen LogP contribution in [0.15, 0.2) is 18.5 Å². The number of halogens is 10. The van der Waals surface area contributed by atoms with Crippen LogP contribution in [-0.4, -0.2) is 43.1 Å². The molecule has 1 N–H and O–H groups in total. The normalized spacial score (nSPS) is 13.4. The number of aryl methyl sites for hydroxylation is 1. The van der Waals surface area contributed by atoms with Crippen molar-refractivity contribution in [1.29, 1.82) is 0 Å². The lowest BCUT2D eigenvalue weighted by molar-refractivity contribution is -0.292. The molecule has 3 rings (SSSR count). The first kappa shape index (κ1) is 28.2. The highest BCUT2D eigenvalue weighted by Gasteiger charge is 2.64. The van der Waals surface area contributed by atoms with E-state index in [-0.39, 0.29) is 31.6 Å². The minimum atomic E-state index is -6.32. The average molecular weight is 584 g/mol. The summed E-state index contributed by atoms with van der Waals surface area (Å²) in [5.74, 6) is -7.63. The van der Waals surface area contributed by atoms with Gasteiger partial charge >= 0.3 is 18.3 Å². The van der Waals surface area contributed by atoms with Gasteiger partial charge in [0.25, 0.3) is 5.91 Å². The Kier molecular flexibility index (Phi) is 7.18. The van der Waals surface area contributed by atoms with Gasteiger partial charge in [-0.15, -0.1) is 22.9 Å². The molecule has 1 amide bonds. The second-order valence-electron chi connectivity index (χ2n) is 8.11. The number of carbonyl (C=O) groups is 1. The lowest BCUT2D eigenvalue weighted by Crippen LogP contribution is -2.36. The van der Waals surface area contributed by atoms with Gasteiger partial charge in [-0.3, -0.25) is 4.79 Å². The van der Waals surface area contributed by atoms with Crippen LogP contribution in [0.4, 0.5) is 35.1 Å². The zero-order chi connectivity index (χ0) is 27.4. The first-order valence-corrected chi connectivity index (χ1v) is 11.2. The van der Waals surface area contributed by atoms with Crippen molar-refractivity contribution in [2.45, 2.75) is 37.0 Å². The largest absolute Gasteiger partial charge is 0.459 e. The Morgan fingerprint density at radius 1 is 1.14 bits per heavy atom. The van der Waals surface area contributed by atoms with Crippen molar-refractivity contribution in [2.75, 3.05) is 6.54 Å². The zero-order valence-electron chi connectivity index (χ0n) is 18.3. The molecule has 17 heteroatoms. The number of carbonyl (C=O) groups excluding carboxylic acids is 1. The van der Waals surface area contributed by atoms with Gasteiger partial charge in [-0.2, -0.15) is 45.3 Å². The molecule has 0 radical (unpaired) electrons. The third-order valence-electron chi connectivity index (χ3n) is 4.64. The second kappa shape index (κ2) is 9.17. The van der Waals surface area contributed by atoms with E-state index in [1.54, 1.807) is 13.8 Å². The predicted molar refractivity (Wildman–Crippen MR) is 116 cm³/mol. The molecule has 0 fully saturated rings. The van der Waals surface area contributed by atoms with E-state index in [1.807, 2.05) is 0 Å². The molecular weight excluding hydrogens is 569 g/mol. The highest BCUT2D eigenvalue weighted by Crippen LogP contribution is 2.49.